The zero-order chi connectivity index (χ0) is 14.4. The first kappa shape index (κ1) is 14.5. The van der Waals surface area contributed by atoms with Gasteiger partial charge in [-0.3, -0.25) is 0 Å². The number of benzene rings is 1. The molecular formula is C17H21NO2. The van der Waals surface area contributed by atoms with Gasteiger partial charge < -0.3 is 9.84 Å². The summed E-state index contributed by atoms with van der Waals surface area (Å²) in [5.74, 6) is 1.38. The highest BCUT2D eigenvalue weighted by Gasteiger charge is 2.04. The van der Waals surface area contributed by atoms with Crippen molar-refractivity contribution in [2.24, 2.45) is 0 Å². The number of aliphatic hydroxyl groups is 1. The summed E-state index contributed by atoms with van der Waals surface area (Å²) in [4.78, 5) is 4.23. The molecule has 1 heterocycles. The lowest BCUT2D eigenvalue weighted by Gasteiger charge is -2.09. The quantitative estimate of drug-likeness (QED) is 0.863. The minimum atomic E-state index is 0.000244. The van der Waals surface area contributed by atoms with Crippen molar-refractivity contribution in [1.82, 2.24) is 4.98 Å². The van der Waals surface area contributed by atoms with Gasteiger partial charge in [0, 0.05) is 11.8 Å². The molecule has 0 aliphatic rings. The number of rotatable bonds is 6. The van der Waals surface area contributed by atoms with Gasteiger partial charge in [0.2, 0.25) is 5.88 Å². The molecule has 0 fully saturated rings. The van der Waals surface area contributed by atoms with Gasteiger partial charge in [-0.1, -0.05) is 25.5 Å². The van der Waals surface area contributed by atoms with Crippen molar-refractivity contribution >= 4 is 0 Å². The van der Waals surface area contributed by atoms with E-state index in [2.05, 4.69) is 24.0 Å². The molecule has 20 heavy (non-hydrogen) atoms. The van der Waals surface area contributed by atoms with Crippen LogP contribution in [0.2, 0.25) is 0 Å². The van der Waals surface area contributed by atoms with Gasteiger partial charge in [-0.25, -0.2) is 4.98 Å². The molecule has 0 saturated carbocycles. The summed E-state index contributed by atoms with van der Waals surface area (Å²) in [5.41, 5.74) is 3.05. The Labute approximate surface area is 120 Å². The van der Waals surface area contributed by atoms with Crippen LogP contribution in [0.25, 0.3) is 0 Å². The Bertz CT molecular complexity index is 549. The number of ether oxygens (including phenoxy) is 1. The molecule has 0 bridgehead atoms. The van der Waals surface area contributed by atoms with Crippen LogP contribution in [0.3, 0.4) is 0 Å². The lowest BCUT2D eigenvalue weighted by atomic mass is 10.1. The van der Waals surface area contributed by atoms with Crippen LogP contribution in [0.4, 0.5) is 0 Å². The average Bonchev–Trinajstić information content (AvgIpc) is 2.48. The van der Waals surface area contributed by atoms with E-state index in [0.29, 0.717) is 5.88 Å². The Morgan fingerprint density at radius 2 is 1.90 bits per heavy atom. The third-order valence-corrected chi connectivity index (χ3v) is 3.23. The zero-order valence-electron chi connectivity index (χ0n) is 12.1. The maximum atomic E-state index is 9.06. The van der Waals surface area contributed by atoms with E-state index in [0.717, 1.165) is 23.3 Å². The normalized spacial score (nSPS) is 10.6. The topological polar surface area (TPSA) is 42.4 Å². The molecule has 3 nitrogen and oxygen atoms in total. The van der Waals surface area contributed by atoms with E-state index >= 15 is 0 Å². The molecule has 0 atom stereocenters. The Kier molecular flexibility index (Phi) is 5.13. The standard InChI is InChI=1S/C17H21NO2/c1-3-4-5-14-6-8-16(9-7-14)20-17-13(2)10-15(12-19)11-18-17/h6-11,19H,3-5,12H2,1-2H3. The molecule has 3 heteroatoms. The molecule has 0 radical (unpaired) electrons. The van der Waals surface area contributed by atoms with Gasteiger partial charge in [0.05, 0.1) is 6.61 Å². The highest BCUT2D eigenvalue weighted by atomic mass is 16.5. The first-order chi connectivity index (χ1) is 9.72. The number of aryl methyl sites for hydroxylation is 2. The summed E-state index contributed by atoms with van der Waals surface area (Å²) in [5, 5.41) is 9.06. The van der Waals surface area contributed by atoms with E-state index in [1.54, 1.807) is 6.20 Å². The van der Waals surface area contributed by atoms with E-state index < -0.39 is 0 Å². The average molecular weight is 271 g/mol. The van der Waals surface area contributed by atoms with Gasteiger partial charge in [-0.15, -0.1) is 0 Å². The second kappa shape index (κ2) is 7.06. The number of hydrogen-bond donors (Lipinski definition) is 1. The lowest BCUT2D eigenvalue weighted by Crippen LogP contribution is -1.94. The highest BCUT2D eigenvalue weighted by molar-refractivity contribution is 5.34. The highest BCUT2D eigenvalue weighted by Crippen LogP contribution is 2.23. The third kappa shape index (κ3) is 3.81. The summed E-state index contributed by atoms with van der Waals surface area (Å²) >= 11 is 0. The molecule has 0 spiro atoms. The van der Waals surface area contributed by atoms with Gasteiger partial charge in [0.25, 0.3) is 0 Å². The summed E-state index contributed by atoms with van der Waals surface area (Å²) in [6.07, 6.45) is 5.17. The number of hydrogen-bond acceptors (Lipinski definition) is 3. The fourth-order valence-corrected chi connectivity index (χ4v) is 2.03. The van der Waals surface area contributed by atoms with Gasteiger partial charge in [-0.2, -0.15) is 0 Å². The van der Waals surface area contributed by atoms with Crippen LogP contribution in [0.1, 0.15) is 36.5 Å². The molecule has 0 saturated heterocycles. The maximum Gasteiger partial charge on any atom is 0.222 e. The predicted octanol–water partition coefficient (Wildman–Crippen LogP) is 4.02. The summed E-state index contributed by atoms with van der Waals surface area (Å²) < 4.78 is 5.78. The lowest BCUT2D eigenvalue weighted by molar-refractivity contribution is 0.281. The molecule has 1 N–H and O–H groups in total. The van der Waals surface area contributed by atoms with Crippen molar-refractivity contribution in [3.8, 4) is 11.6 Å². The maximum absolute atomic E-state index is 9.06. The smallest absolute Gasteiger partial charge is 0.222 e. The second-order valence-corrected chi connectivity index (χ2v) is 4.97. The number of unbranched alkanes of at least 4 members (excludes halogenated alkanes) is 1. The van der Waals surface area contributed by atoms with Crippen molar-refractivity contribution in [2.45, 2.75) is 39.7 Å². The van der Waals surface area contributed by atoms with E-state index in [1.165, 1.54) is 18.4 Å². The molecule has 1 aromatic carbocycles. The van der Waals surface area contributed by atoms with Gasteiger partial charge in [-0.05, 0) is 49.1 Å². The third-order valence-electron chi connectivity index (χ3n) is 3.23. The van der Waals surface area contributed by atoms with Gasteiger partial charge in [0.1, 0.15) is 5.75 Å². The van der Waals surface area contributed by atoms with E-state index in [1.807, 2.05) is 25.1 Å². The number of nitrogens with zero attached hydrogens (tertiary/aromatic N) is 1. The van der Waals surface area contributed by atoms with Crippen LogP contribution in [-0.4, -0.2) is 10.1 Å². The van der Waals surface area contributed by atoms with Crippen LogP contribution >= 0.6 is 0 Å². The van der Waals surface area contributed by atoms with Crippen molar-refractivity contribution < 1.29 is 9.84 Å². The van der Waals surface area contributed by atoms with Crippen LogP contribution in [0.15, 0.2) is 36.5 Å². The van der Waals surface area contributed by atoms with Gasteiger partial charge >= 0.3 is 0 Å². The minimum absolute atomic E-state index is 0.000244. The Morgan fingerprint density at radius 3 is 2.50 bits per heavy atom. The summed E-state index contributed by atoms with van der Waals surface area (Å²) in [6.45, 7) is 4.12. The van der Waals surface area contributed by atoms with Crippen molar-refractivity contribution in [1.29, 1.82) is 0 Å². The first-order valence-electron chi connectivity index (χ1n) is 7.06. The molecule has 2 aromatic rings. The summed E-state index contributed by atoms with van der Waals surface area (Å²) in [7, 11) is 0. The van der Waals surface area contributed by atoms with Crippen molar-refractivity contribution in [3.63, 3.8) is 0 Å². The first-order valence-corrected chi connectivity index (χ1v) is 7.06. The number of aliphatic hydroxyl groups excluding tert-OH is 1. The minimum Gasteiger partial charge on any atom is -0.439 e. The number of pyridine rings is 1. The SMILES string of the molecule is CCCCc1ccc(Oc2ncc(CO)cc2C)cc1. The van der Waals surface area contributed by atoms with Gasteiger partial charge in [0.15, 0.2) is 0 Å². The van der Waals surface area contributed by atoms with Crippen LogP contribution in [-0.2, 0) is 13.0 Å². The molecular weight excluding hydrogens is 250 g/mol. The Hall–Kier alpha value is -1.87. The molecule has 106 valence electrons. The van der Waals surface area contributed by atoms with Crippen molar-refractivity contribution in [2.75, 3.05) is 0 Å². The van der Waals surface area contributed by atoms with E-state index in [-0.39, 0.29) is 6.61 Å². The Balaban J connectivity index is 2.06. The largest absolute Gasteiger partial charge is 0.439 e. The molecule has 0 unspecified atom stereocenters. The molecule has 0 aliphatic carbocycles. The van der Waals surface area contributed by atoms with Crippen LogP contribution < -0.4 is 4.74 Å². The van der Waals surface area contributed by atoms with E-state index in [4.69, 9.17) is 9.84 Å². The fraction of sp³-hybridized carbons (Fsp3) is 0.353. The molecule has 0 amide bonds. The number of aromatic nitrogens is 1. The monoisotopic (exact) mass is 271 g/mol. The zero-order valence-corrected chi connectivity index (χ0v) is 12.1. The molecule has 1 aromatic heterocycles. The van der Waals surface area contributed by atoms with Crippen LogP contribution in [0, 0.1) is 6.92 Å². The molecule has 2 rings (SSSR count). The van der Waals surface area contributed by atoms with Crippen molar-refractivity contribution in [3.05, 3.63) is 53.2 Å². The summed E-state index contributed by atoms with van der Waals surface area (Å²) in [6, 6.07) is 10.0. The fourth-order valence-electron chi connectivity index (χ4n) is 2.03. The second-order valence-electron chi connectivity index (χ2n) is 4.97. The predicted molar refractivity (Wildman–Crippen MR) is 80.0 cm³/mol. The van der Waals surface area contributed by atoms with Crippen LogP contribution in [0.5, 0.6) is 11.6 Å². The molecule has 0 aliphatic heterocycles. The van der Waals surface area contributed by atoms with E-state index in [9.17, 15) is 0 Å². The Morgan fingerprint density at radius 1 is 1.15 bits per heavy atom.